The Kier molecular flexibility index (Phi) is 4.07. The predicted molar refractivity (Wildman–Crippen MR) is 98.3 cm³/mol. The highest BCUT2D eigenvalue weighted by Gasteiger charge is 2.31. The molecule has 25 heavy (non-hydrogen) atoms. The van der Waals surface area contributed by atoms with Crippen molar-refractivity contribution in [2.75, 3.05) is 6.54 Å². The zero-order valence-electron chi connectivity index (χ0n) is 14.8. The molecule has 1 aliphatic rings. The molecule has 0 unspecified atom stereocenters. The summed E-state index contributed by atoms with van der Waals surface area (Å²) in [4.78, 5) is 22.9. The number of H-pyrrole nitrogens is 1. The Morgan fingerprint density at radius 1 is 1.20 bits per heavy atom. The number of aromatic nitrogens is 3. The lowest BCUT2D eigenvalue weighted by Gasteiger charge is -2.23. The van der Waals surface area contributed by atoms with Gasteiger partial charge in [-0.25, -0.2) is 4.98 Å². The Bertz CT molecular complexity index is 855. The quantitative estimate of drug-likeness (QED) is 0.789. The Morgan fingerprint density at radius 2 is 1.96 bits per heavy atom. The second-order valence-corrected chi connectivity index (χ2v) is 6.90. The van der Waals surface area contributed by atoms with Crippen LogP contribution in [-0.2, 0) is 11.3 Å². The molecule has 1 aliphatic heterocycles. The number of aromatic amines is 1. The summed E-state index contributed by atoms with van der Waals surface area (Å²) in [5.41, 5.74) is 4.42. The third-order valence-electron chi connectivity index (χ3n) is 5.26. The van der Waals surface area contributed by atoms with Gasteiger partial charge in [0, 0.05) is 30.9 Å². The van der Waals surface area contributed by atoms with Crippen LogP contribution in [0.2, 0.25) is 0 Å². The zero-order valence-corrected chi connectivity index (χ0v) is 14.8. The van der Waals surface area contributed by atoms with Gasteiger partial charge in [-0.2, -0.15) is 0 Å². The van der Waals surface area contributed by atoms with Crippen molar-refractivity contribution in [3.05, 3.63) is 53.6 Å². The first-order valence-corrected chi connectivity index (χ1v) is 9.00. The number of amides is 1. The van der Waals surface area contributed by atoms with Crippen LogP contribution in [0.15, 0.2) is 36.4 Å². The fraction of sp³-hybridized carbons (Fsp3) is 0.400. The van der Waals surface area contributed by atoms with Crippen LogP contribution < -0.4 is 0 Å². The van der Waals surface area contributed by atoms with Crippen molar-refractivity contribution in [1.82, 2.24) is 19.4 Å². The van der Waals surface area contributed by atoms with Gasteiger partial charge < -0.3 is 14.5 Å². The van der Waals surface area contributed by atoms with Gasteiger partial charge in [0.05, 0.1) is 17.1 Å². The fourth-order valence-electron chi connectivity index (χ4n) is 3.88. The summed E-state index contributed by atoms with van der Waals surface area (Å²) in [6.45, 7) is 5.74. The minimum absolute atomic E-state index is 0.0757. The average molecular weight is 336 g/mol. The summed E-state index contributed by atoms with van der Waals surface area (Å²) in [7, 11) is 0. The van der Waals surface area contributed by atoms with E-state index in [0.717, 1.165) is 42.8 Å². The summed E-state index contributed by atoms with van der Waals surface area (Å²) >= 11 is 0. The second kappa shape index (κ2) is 6.39. The fourth-order valence-corrected chi connectivity index (χ4v) is 3.88. The van der Waals surface area contributed by atoms with Crippen LogP contribution in [0.3, 0.4) is 0 Å². The maximum Gasteiger partial charge on any atom is 0.224 e. The predicted octanol–water partition coefficient (Wildman–Crippen LogP) is 3.74. The normalized spacial score (nSPS) is 17.5. The molecular formula is C20H24N4O. The van der Waals surface area contributed by atoms with Crippen LogP contribution in [0.25, 0.3) is 11.0 Å². The standard InChI is InChI=1S/C20H24N4O/c1-14-9-10-15(2)23(14)13-11-19(25)24-12-5-8-18(24)20-21-16-6-3-4-7-17(16)22-20/h3-4,6-7,9-10,18H,5,8,11-13H2,1-2H3,(H,21,22)/t18-/m0/s1. The van der Waals surface area contributed by atoms with Gasteiger partial charge in [-0.3, -0.25) is 4.79 Å². The first kappa shape index (κ1) is 15.9. The van der Waals surface area contributed by atoms with E-state index in [9.17, 15) is 4.79 Å². The molecule has 0 spiro atoms. The van der Waals surface area contributed by atoms with Crippen molar-refractivity contribution in [1.29, 1.82) is 0 Å². The van der Waals surface area contributed by atoms with Crippen LogP contribution in [0.5, 0.6) is 0 Å². The number of nitrogens with zero attached hydrogens (tertiary/aromatic N) is 3. The lowest BCUT2D eigenvalue weighted by atomic mass is 10.2. The number of benzene rings is 1. The highest BCUT2D eigenvalue weighted by atomic mass is 16.2. The van der Waals surface area contributed by atoms with E-state index in [4.69, 9.17) is 4.98 Å². The third kappa shape index (κ3) is 2.95. The van der Waals surface area contributed by atoms with Gasteiger partial charge in [0.25, 0.3) is 0 Å². The van der Waals surface area contributed by atoms with E-state index in [1.807, 2.05) is 29.2 Å². The van der Waals surface area contributed by atoms with Gasteiger partial charge in [0.1, 0.15) is 5.82 Å². The number of imidazole rings is 1. The number of para-hydroxylation sites is 2. The van der Waals surface area contributed by atoms with Gasteiger partial charge in [0.2, 0.25) is 5.91 Å². The number of hydrogen-bond acceptors (Lipinski definition) is 2. The lowest BCUT2D eigenvalue weighted by Crippen LogP contribution is -2.31. The van der Waals surface area contributed by atoms with Crippen molar-refractivity contribution in [2.24, 2.45) is 0 Å². The smallest absolute Gasteiger partial charge is 0.224 e. The number of aryl methyl sites for hydroxylation is 2. The number of rotatable bonds is 4. The van der Waals surface area contributed by atoms with Gasteiger partial charge in [-0.1, -0.05) is 12.1 Å². The van der Waals surface area contributed by atoms with Crippen molar-refractivity contribution >= 4 is 16.9 Å². The number of likely N-dealkylation sites (tertiary alicyclic amines) is 1. The summed E-state index contributed by atoms with van der Waals surface area (Å²) in [6, 6.07) is 12.3. The summed E-state index contributed by atoms with van der Waals surface area (Å²) in [6.07, 6.45) is 2.55. The lowest BCUT2D eigenvalue weighted by molar-refractivity contribution is -0.132. The SMILES string of the molecule is Cc1ccc(C)n1CCC(=O)N1CCC[C@H]1c1nc2ccccc2[nH]1. The van der Waals surface area contributed by atoms with Gasteiger partial charge in [-0.05, 0) is 51.0 Å². The summed E-state index contributed by atoms with van der Waals surface area (Å²) in [5, 5.41) is 0. The Balaban J connectivity index is 1.49. The number of hydrogen-bond donors (Lipinski definition) is 1. The molecule has 0 saturated carbocycles. The molecular weight excluding hydrogens is 312 g/mol. The Hall–Kier alpha value is -2.56. The van der Waals surface area contributed by atoms with Crippen LogP contribution in [0.1, 0.15) is 42.5 Å². The highest BCUT2D eigenvalue weighted by Crippen LogP contribution is 2.32. The van der Waals surface area contributed by atoms with Gasteiger partial charge in [0.15, 0.2) is 0 Å². The number of carbonyl (C=O) groups excluding carboxylic acids is 1. The molecule has 5 nitrogen and oxygen atoms in total. The molecule has 1 N–H and O–H groups in total. The topological polar surface area (TPSA) is 53.9 Å². The summed E-state index contributed by atoms with van der Waals surface area (Å²) < 4.78 is 2.21. The van der Waals surface area contributed by atoms with Crippen molar-refractivity contribution in [2.45, 2.75) is 45.7 Å². The maximum atomic E-state index is 12.8. The van der Waals surface area contributed by atoms with E-state index in [2.05, 4.69) is 35.5 Å². The Morgan fingerprint density at radius 3 is 2.72 bits per heavy atom. The minimum Gasteiger partial charge on any atom is -0.349 e. The number of nitrogens with one attached hydrogen (secondary N) is 1. The molecule has 1 saturated heterocycles. The van der Waals surface area contributed by atoms with Crippen LogP contribution >= 0.6 is 0 Å². The molecule has 3 heterocycles. The third-order valence-corrected chi connectivity index (χ3v) is 5.26. The molecule has 2 aromatic heterocycles. The van der Waals surface area contributed by atoms with Crippen LogP contribution in [0, 0.1) is 13.8 Å². The monoisotopic (exact) mass is 336 g/mol. The minimum atomic E-state index is 0.0757. The molecule has 1 amide bonds. The largest absolute Gasteiger partial charge is 0.349 e. The zero-order chi connectivity index (χ0) is 17.4. The Labute approximate surface area is 147 Å². The molecule has 0 aliphatic carbocycles. The van der Waals surface area contributed by atoms with E-state index in [1.165, 1.54) is 11.4 Å². The molecule has 5 heteroatoms. The van der Waals surface area contributed by atoms with E-state index in [-0.39, 0.29) is 11.9 Å². The first-order valence-electron chi connectivity index (χ1n) is 9.00. The maximum absolute atomic E-state index is 12.8. The molecule has 1 aromatic carbocycles. The van der Waals surface area contributed by atoms with Crippen LogP contribution in [0.4, 0.5) is 0 Å². The highest BCUT2D eigenvalue weighted by molar-refractivity contribution is 5.78. The number of fused-ring (bicyclic) bond motifs is 1. The van der Waals surface area contributed by atoms with Gasteiger partial charge >= 0.3 is 0 Å². The molecule has 3 aromatic rings. The number of carbonyl (C=O) groups is 1. The average Bonchev–Trinajstić information content (AvgIpc) is 3.31. The van der Waals surface area contributed by atoms with Crippen molar-refractivity contribution in [3.63, 3.8) is 0 Å². The van der Waals surface area contributed by atoms with E-state index >= 15 is 0 Å². The first-order chi connectivity index (χ1) is 12.1. The van der Waals surface area contributed by atoms with E-state index in [0.29, 0.717) is 6.42 Å². The van der Waals surface area contributed by atoms with Crippen LogP contribution in [-0.4, -0.2) is 31.9 Å². The molecule has 1 atom stereocenters. The van der Waals surface area contributed by atoms with E-state index in [1.54, 1.807) is 0 Å². The van der Waals surface area contributed by atoms with Crippen molar-refractivity contribution < 1.29 is 4.79 Å². The molecule has 0 bridgehead atoms. The van der Waals surface area contributed by atoms with Crippen molar-refractivity contribution in [3.8, 4) is 0 Å². The summed E-state index contributed by atoms with van der Waals surface area (Å²) in [5.74, 6) is 1.14. The molecule has 1 fully saturated rings. The molecule has 4 rings (SSSR count). The molecule has 0 radical (unpaired) electrons. The van der Waals surface area contributed by atoms with Gasteiger partial charge in [-0.15, -0.1) is 0 Å². The van der Waals surface area contributed by atoms with E-state index < -0.39 is 0 Å². The molecule has 130 valence electrons. The second-order valence-electron chi connectivity index (χ2n) is 6.90.